The molecule has 0 amide bonds. The normalized spacial score (nSPS) is 21.0. The van der Waals surface area contributed by atoms with Crippen molar-refractivity contribution in [2.75, 3.05) is 25.5 Å². The highest BCUT2D eigenvalue weighted by Gasteiger charge is 2.13. The van der Waals surface area contributed by atoms with Crippen molar-refractivity contribution < 1.29 is 4.74 Å². The molecule has 0 radical (unpaired) electrons. The lowest BCUT2D eigenvalue weighted by molar-refractivity contribution is 0.396. The Morgan fingerprint density at radius 3 is 3.27 bits per heavy atom. The Bertz CT molecular complexity index is 312. The number of ether oxygens (including phenoxy) is 1. The van der Waals surface area contributed by atoms with Gasteiger partial charge in [-0.15, -0.1) is 0 Å². The van der Waals surface area contributed by atoms with Crippen LogP contribution < -0.4 is 15.4 Å². The van der Waals surface area contributed by atoms with Gasteiger partial charge >= 0.3 is 0 Å². The number of methoxy groups -OCH3 is 1. The number of rotatable bonds is 3. The van der Waals surface area contributed by atoms with Gasteiger partial charge in [-0.05, 0) is 19.4 Å². The maximum absolute atomic E-state index is 5.04. The average molecular weight is 208 g/mol. The molecule has 0 aromatic carbocycles. The molecule has 0 saturated carbocycles. The molecule has 5 nitrogen and oxygen atoms in total. The molecule has 1 fully saturated rings. The third kappa shape index (κ3) is 2.79. The Morgan fingerprint density at radius 2 is 2.53 bits per heavy atom. The molecule has 1 aromatic rings. The van der Waals surface area contributed by atoms with Gasteiger partial charge in [-0.2, -0.15) is 4.98 Å². The van der Waals surface area contributed by atoms with Gasteiger partial charge in [-0.25, -0.2) is 4.98 Å². The fourth-order valence-electron chi connectivity index (χ4n) is 1.68. The Balaban J connectivity index is 1.96. The van der Waals surface area contributed by atoms with Gasteiger partial charge in [0.05, 0.1) is 7.11 Å². The van der Waals surface area contributed by atoms with Gasteiger partial charge in [0, 0.05) is 24.8 Å². The summed E-state index contributed by atoms with van der Waals surface area (Å²) in [6, 6.07) is 2.16. The minimum atomic E-state index is 0.422. The zero-order valence-corrected chi connectivity index (χ0v) is 8.86. The van der Waals surface area contributed by atoms with Crippen molar-refractivity contribution in [2.45, 2.75) is 18.9 Å². The second-order valence-electron chi connectivity index (χ2n) is 3.61. The molecule has 1 atom stereocenters. The molecular weight excluding hydrogens is 192 g/mol. The van der Waals surface area contributed by atoms with Crippen LogP contribution in [-0.2, 0) is 0 Å². The molecule has 1 aromatic heterocycles. The number of aromatic nitrogens is 2. The van der Waals surface area contributed by atoms with Crippen LogP contribution in [0.4, 0.5) is 5.95 Å². The van der Waals surface area contributed by atoms with Crippen LogP contribution in [0.2, 0.25) is 0 Å². The van der Waals surface area contributed by atoms with Crippen LogP contribution >= 0.6 is 0 Å². The monoisotopic (exact) mass is 208 g/mol. The number of nitrogens with zero attached hydrogens (tertiary/aromatic N) is 2. The van der Waals surface area contributed by atoms with Crippen molar-refractivity contribution in [2.24, 2.45) is 0 Å². The van der Waals surface area contributed by atoms with Crippen molar-refractivity contribution in [3.05, 3.63) is 12.3 Å². The summed E-state index contributed by atoms with van der Waals surface area (Å²) in [6.45, 7) is 2.08. The zero-order chi connectivity index (χ0) is 10.5. The van der Waals surface area contributed by atoms with Crippen molar-refractivity contribution in [3.63, 3.8) is 0 Å². The smallest absolute Gasteiger partial charge is 0.226 e. The third-order valence-electron chi connectivity index (χ3n) is 2.47. The highest BCUT2D eigenvalue weighted by Crippen LogP contribution is 2.11. The molecule has 1 saturated heterocycles. The SMILES string of the molecule is COc1ccnc(NC2CCCNC2)n1. The molecule has 0 bridgehead atoms. The quantitative estimate of drug-likeness (QED) is 0.763. The summed E-state index contributed by atoms with van der Waals surface area (Å²) >= 11 is 0. The van der Waals surface area contributed by atoms with Gasteiger partial charge in [-0.1, -0.05) is 0 Å². The number of piperidine rings is 1. The van der Waals surface area contributed by atoms with Crippen molar-refractivity contribution in [1.29, 1.82) is 0 Å². The first-order valence-electron chi connectivity index (χ1n) is 5.23. The van der Waals surface area contributed by atoms with Crippen molar-refractivity contribution >= 4 is 5.95 Å². The molecule has 0 aliphatic carbocycles. The molecule has 15 heavy (non-hydrogen) atoms. The van der Waals surface area contributed by atoms with Crippen LogP contribution in [0.1, 0.15) is 12.8 Å². The van der Waals surface area contributed by atoms with Crippen LogP contribution in [0, 0.1) is 0 Å². The molecule has 0 spiro atoms. The number of hydrogen-bond donors (Lipinski definition) is 2. The highest BCUT2D eigenvalue weighted by atomic mass is 16.5. The lowest BCUT2D eigenvalue weighted by Gasteiger charge is -2.23. The van der Waals surface area contributed by atoms with E-state index in [9.17, 15) is 0 Å². The summed E-state index contributed by atoms with van der Waals surface area (Å²) in [7, 11) is 1.61. The highest BCUT2D eigenvalue weighted by molar-refractivity contribution is 5.29. The molecule has 5 heteroatoms. The topological polar surface area (TPSA) is 59.1 Å². The Hall–Kier alpha value is -1.36. The van der Waals surface area contributed by atoms with Gasteiger partial charge in [0.1, 0.15) is 0 Å². The van der Waals surface area contributed by atoms with E-state index >= 15 is 0 Å². The van der Waals surface area contributed by atoms with E-state index in [2.05, 4.69) is 20.6 Å². The van der Waals surface area contributed by atoms with E-state index in [-0.39, 0.29) is 0 Å². The molecule has 2 rings (SSSR count). The minimum Gasteiger partial charge on any atom is -0.481 e. The van der Waals surface area contributed by atoms with Gasteiger partial charge in [0.25, 0.3) is 0 Å². The zero-order valence-electron chi connectivity index (χ0n) is 8.86. The van der Waals surface area contributed by atoms with Crippen LogP contribution in [0.15, 0.2) is 12.3 Å². The summed E-state index contributed by atoms with van der Waals surface area (Å²) in [6.07, 6.45) is 4.06. The molecule has 82 valence electrons. The van der Waals surface area contributed by atoms with Crippen molar-refractivity contribution in [3.8, 4) is 5.88 Å². The third-order valence-corrected chi connectivity index (χ3v) is 2.47. The second kappa shape index (κ2) is 4.93. The molecule has 2 heterocycles. The number of nitrogens with one attached hydrogen (secondary N) is 2. The fraction of sp³-hybridized carbons (Fsp3) is 0.600. The average Bonchev–Trinajstić information content (AvgIpc) is 2.31. The molecule has 1 aliphatic heterocycles. The minimum absolute atomic E-state index is 0.422. The molecule has 2 N–H and O–H groups in total. The predicted molar refractivity (Wildman–Crippen MR) is 58.1 cm³/mol. The maximum Gasteiger partial charge on any atom is 0.226 e. The fourth-order valence-corrected chi connectivity index (χ4v) is 1.68. The lowest BCUT2D eigenvalue weighted by atomic mass is 10.1. The second-order valence-corrected chi connectivity index (χ2v) is 3.61. The van der Waals surface area contributed by atoms with E-state index in [1.807, 2.05) is 0 Å². The van der Waals surface area contributed by atoms with E-state index < -0.39 is 0 Å². The van der Waals surface area contributed by atoms with Crippen molar-refractivity contribution in [1.82, 2.24) is 15.3 Å². The molecule has 1 aliphatic rings. The van der Waals surface area contributed by atoms with Gasteiger partial charge in [-0.3, -0.25) is 0 Å². The van der Waals surface area contributed by atoms with Crippen LogP contribution in [-0.4, -0.2) is 36.2 Å². The first-order chi connectivity index (χ1) is 7.38. The lowest BCUT2D eigenvalue weighted by Crippen LogP contribution is -2.38. The molecule has 1 unspecified atom stereocenters. The van der Waals surface area contributed by atoms with E-state index in [1.165, 1.54) is 6.42 Å². The van der Waals surface area contributed by atoms with Crippen LogP contribution in [0.3, 0.4) is 0 Å². The summed E-state index contributed by atoms with van der Waals surface area (Å²) in [5, 5.41) is 6.63. The Labute approximate surface area is 89.3 Å². The summed E-state index contributed by atoms with van der Waals surface area (Å²) < 4.78 is 5.04. The summed E-state index contributed by atoms with van der Waals surface area (Å²) in [5.41, 5.74) is 0. The van der Waals surface area contributed by atoms with Gasteiger partial charge in [0.15, 0.2) is 0 Å². The predicted octanol–water partition coefficient (Wildman–Crippen LogP) is 0.649. The Kier molecular flexibility index (Phi) is 3.34. The first-order valence-corrected chi connectivity index (χ1v) is 5.23. The standard InChI is InChI=1S/C10H16N4O/c1-15-9-4-6-12-10(14-9)13-8-3-2-5-11-7-8/h4,6,8,11H,2-3,5,7H2,1H3,(H,12,13,14). The number of hydrogen-bond acceptors (Lipinski definition) is 5. The van der Waals surface area contributed by atoms with Crippen LogP contribution in [0.25, 0.3) is 0 Å². The largest absolute Gasteiger partial charge is 0.481 e. The number of anilines is 1. The van der Waals surface area contributed by atoms with Gasteiger partial charge < -0.3 is 15.4 Å². The van der Waals surface area contributed by atoms with E-state index in [4.69, 9.17) is 4.74 Å². The van der Waals surface area contributed by atoms with E-state index in [1.54, 1.807) is 19.4 Å². The van der Waals surface area contributed by atoms with Gasteiger partial charge in [0.2, 0.25) is 11.8 Å². The van der Waals surface area contributed by atoms with E-state index in [0.717, 1.165) is 19.5 Å². The molecular formula is C10H16N4O. The van der Waals surface area contributed by atoms with E-state index in [0.29, 0.717) is 17.9 Å². The van der Waals surface area contributed by atoms with Crippen LogP contribution in [0.5, 0.6) is 5.88 Å². The maximum atomic E-state index is 5.04. The Morgan fingerprint density at radius 1 is 1.60 bits per heavy atom. The first kappa shape index (κ1) is 10.2. The summed E-state index contributed by atoms with van der Waals surface area (Å²) in [5.74, 6) is 1.24. The summed E-state index contributed by atoms with van der Waals surface area (Å²) in [4.78, 5) is 8.36.